The highest BCUT2D eigenvalue weighted by atomic mass is 32.2. The standard InChI is InChI=1S/C11H19N3O4S/c1-7(2)5-9(11(15)16)13-19(17,18)10-6-14(4)12-8(10)3/h6-7,9,13H,5H2,1-4H3,(H,15,16). The van der Waals surface area contributed by atoms with E-state index in [0.717, 1.165) is 0 Å². The lowest BCUT2D eigenvalue weighted by atomic mass is 10.1. The Hall–Kier alpha value is -1.41. The van der Waals surface area contributed by atoms with Crippen molar-refractivity contribution in [3.05, 3.63) is 11.9 Å². The number of carbonyl (C=O) groups is 1. The van der Waals surface area contributed by atoms with E-state index in [1.807, 2.05) is 13.8 Å². The predicted octanol–water partition coefficient (Wildman–Crippen LogP) is 0.506. The number of aliphatic carboxylic acids is 1. The first-order valence-corrected chi connectivity index (χ1v) is 7.37. The van der Waals surface area contributed by atoms with Gasteiger partial charge < -0.3 is 5.11 Å². The normalized spacial score (nSPS) is 13.7. The molecule has 1 rings (SSSR count). The molecule has 1 aromatic heterocycles. The maximum absolute atomic E-state index is 12.1. The van der Waals surface area contributed by atoms with E-state index in [1.165, 1.54) is 10.9 Å². The SMILES string of the molecule is Cc1nn(C)cc1S(=O)(=O)NC(CC(C)C)C(=O)O. The highest BCUT2D eigenvalue weighted by Gasteiger charge is 2.28. The van der Waals surface area contributed by atoms with Crippen LogP contribution in [0.5, 0.6) is 0 Å². The van der Waals surface area contributed by atoms with Gasteiger partial charge in [-0.15, -0.1) is 0 Å². The summed E-state index contributed by atoms with van der Waals surface area (Å²) >= 11 is 0. The summed E-state index contributed by atoms with van der Waals surface area (Å²) in [5.41, 5.74) is 0.337. The molecular weight excluding hydrogens is 270 g/mol. The number of nitrogens with one attached hydrogen (secondary N) is 1. The molecule has 1 heterocycles. The fourth-order valence-electron chi connectivity index (χ4n) is 1.76. The van der Waals surface area contributed by atoms with E-state index in [-0.39, 0.29) is 17.2 Å². The van der Waals surface area contributed by atoms with Crippen molar-refractivity contribution in [2.24, 2.45) is 13.0 Å². The minimum Gasteiger partial charge on any atom is -0.480 e. The van der Waals surface area contributed by atoms with Gasteiger partial charge in [0.2, 0.25) is 10.0 Å². The molecule has 1 atom stereocenters. The monoisotopic (exact) mass is 289 g/mol. The van der Waals surface area contributed by atoms with Crippen molar-refractivity contribution in [2.45, 2.75) is 38.1 Å². The second-order valence-electron chi connectivity index (χ2n) is 4.89. The Morgan fingerprint density at radius 3 is 2.47 bits per heavy atom. The number of hydrogen-bond acceptors (Lipinski definition) is 4. The summed E-state index contributed by atoms with van der Waals surface area (Å²) in [6.45, 7) is 5.23. The number of aromatic nitrogens is 2. The fourth-order valence-corrected chi connectivity index (χ4v) is 3.18. The molecule has 0 radical (unpaired) electrons. The molecule has 0 amide bonds. The van der Waals surface area contributed by atoms with Gasteiger partial charge in [0.25, 0.3) is 0 Å². The molecule has 0 spiro atoms. The molecule has 0 aliphatic carbocycles. The molecule has 0 saturated carbocycles. The van der Waals surface area contributed by atoms with Gasteiger partial charge in [-0.2, -0.15) is 9.82 Å². The summed E-state index contributed by atoms with van der Waals surface area (Å²) in [5.74, 6) is -1.11. The van der Waals surface area contributed by atoms with Crippen LogP contribution in [-0.2, 0) is 21.9 Å². The number of hydrogen-bond donors (Lipinski definition) is 2. The Morgan fingerprint density at radius 2 is 2.11 bits per heavy atom. The summed E-state index contributed by atoms with van der Waals surface area (Å²) in [4.78, 5) is 11.1. The second-order valence-corrected chi connectivity index (χ2v) is 6.58. The zero-order valence-electron chi connectivity index (χ0n) is 11.4. The van der Waals surface area contributed by atoms with Gasteiger partial charge in [-0.3, -0.25) is 9.48 Å². The number of aryl methyl sites for hydroxylation is 2. The van der Waals surface area contributed by atoms with Crippen molar-refractivity contribution in [3.63, 3.8) is 0 Å². The third-order valence-electron chi connectivity index (χ3n) is 2.56. The maximum Gasteiger partial charge on any atom is 0.321 e. The van der Waals surface area contributed by atoms with Crippen LogP contribution in [0.25, 0.3) is 0 Å². The molecule has 19 heavy (non-hydrogen) atoms. The molecule has 0 bridgehead atoms. The summed E-state index contributed by atoms with van der Waals surface area (Å²) in [5, 5.41) is 13.0. The highest BCUT2D eigenvalue weighted by Crippen LogP contribution is 2.15. The molecule has 0 saturated heterocycles. The number of carboxylic acids is 1. The molecule has 0 aromatic carbocycles. The first-order valence-electron chi connectivity index (χ1n) is 5.89. The summed E-state index contributed by atoms with van der Waals surface area (Å²) in [7, 11) is -2.27. The van der Waals surface area contributed by atoms with Crippen LogP contribution in [-0.4, -0.2) is 35.3 Å². The Bertz CT molecular complexity index is 562. The molecule has 1 unspecified atom stereocenters. The topological polar surface area (TPSA) is 101 Å². The van der Waals surface area contributed by atoms with Crippen LogP contribution in [0.4, 0.5) is 0 Å². The smallest absolute Gasteiger partial charge is 0.321 e. The Kier molecular flexibility index (Phi) is 4.70. The summed E-state index contributed by atoms with van der Waals surface area (Å²) in [6, 6.07) is -1.13. The molecule has 8 heteroatoms. The predicted molar refractivity (Wildman–Crippen MR) is 69.1 cm³/mol. The zero-order chi connectivity index (χ0) is 14.8. The van der Waals surface area contributed by atoms with Crippen LogP contribution in [0.2, 0.25) is 0 Å². The minimum absolute atomic E-state index is 0.00464. The van der Waals surface area contributed by atoms with Gasteiger partial charge >= 0.3 is 5.97 Å². The average molecular weight is 289 g/mol. The van der Waals surface area contributed by atoms with Crippen molar-refractivity contribution in [3.8, 4) is 0 Å². The van der Waals surface area contributed by atoms with E-state index < -0.39 is 22.0 Å². The minimum atomic E-state index is -3.87. The van der Waals surface area contributed by atoms with Gasteiger partial charge in [-0.25, -0.2) is 8.42 Å². The highest BCUT2D eigenvalue weighted by molar-refractivity contribution is 7.89. The van der Waals surface area contributed by atoms with Gasteiger partial charge in [-0.05, 0) is 19.3 Å². The fraction of sp³-hybridized carbons (Fsp3) is 0.636. The lowest BCUT2D eigenvalue weighted by molar-refractivity contribution is -0.139. The molecule has 0 fully saturated rings. The van der Waals surface area contributed by atoms with Gasteiger partial charge in [0, 0.05) is 13.2 Å². The number of nitrogens with zero attached hydrogens (tertiary/aromatic N) is 2. The lowest BCUT2D eigenvalue weighted by Crippen LogP contribution is -2.41. The molecular formula is C11H19N3O4S. The second kappa shape index (κ2) is 5.70. The molecule has 0 aliphatic heterocycles. The van der Waals surface area contributed by atoms with Crippen LogP contribution >= 0.6 is 0 Å². The zero-order valence-corrected chi connectivity index (χ0v) is 12.2. The number of rotatable bonds is 6. The first kappa shape index (κ1) is 15.6. The van der Waals surface area contributed by atoms with Crippen LogP contribution in [0.15, 0.2) is 11.1 Å². The van der Waals surface area contributed by atoms with E-state index in [2.05, 4.69) is 9.82 Å². The van der Waals surface area contributed by atoms with Crippen LogP contribution < -0.4 is 4.72 Å². The molecule has 108 valence electrons. The molecule has 1 aromatic rings. The van der Waals surface area contributed by atoms with Crippen molar-refractivity contribution < 1.29 is 18.3 Å². The molecule has 0 aliphatic rings. The summed E-state index contributed by atoms with van der Waals surface area (Å²) in [6.07, 6.45) is 1.58. The van der Waals surface area contributed by atoms with Gasteiger partial charge in [-0.1, -0.05) is 13.8 Å². The van der Waals surface area contributed by atoms with E-state index in [9.17, 15) is 13.2 Å². The molecule has 2 N–H and O–H groups in total. The Balaban J connectivity index is 3.01. The average Bonchev–Trinajstić information content (AvgIpc) is 2.56. The van der Waals surface area contributed by atoms with Crippen LogP contribution in [0.3, 0.4) is 0 Å². The lowest BCUT2D eigenvalue weighted by Gasteiger charge is -2.16. The van der Waals surface area contributed by atoms with Crippen LogP contribution in [0.1, 0.15) is 26.0 Å². The maximum atomic E-state index is 12.1. The van der Waals surface area contributed by atoms with Crippen molar-refractivity contribution in [1.82, 2.24) is 14.5 Å². The first-order chi connectivity index (χ1) is 8.63. The third kappa shape index (κ3) is 4.03. The van der Waals surface area contributed by atoms with Gasteiger partial charge in [0.1, 0.15) is 10.9 Å². The third-order valence-corrected chi connectivity index (χ3v) is 4.14. The number of sulfonamides is 1. The van der Waals surface area contributed by atoms with Crippen molar-refractivity contribution >= 4 is 16.0 Å². The number of carboxylic acid groups (broad SMARTS) is 1. The summed E-state index contributed by atoms with van der Waals surface area (Å²) < 4.78 is 27.9. The van der Waals surface area contributed by atoms with E-state index >= 15 is 0 Å². The van der Waals surface area contributed by atoms with E-state index in [0.29, 0.717) is 5.69 Å². The Morgan fingerprint density at radius 1 is 1.53 bits per heavy atom. The quantitative estimate of drug-likeness (QED) is 0.794. The van der Waals surface area contributed by atoms with E-state index in [4.69, 9.17) is 5.11 Å². The van der Waals surface area contributed by atoms with Crippen molar-refractivity contribution in [2.75, 3.05) is 0 Å². The largest absolute Gasteiger partial charge is 0.480 e. The Labute approximate surface area is 112 Å². The van der Waals surface area contributed by atoms with Crippen LogP contribution in [0, 0.1) is 12.8 Å². The van der Waals surface area contributed by atoms with Crippen molar-refractivity contribution in [1.29, 1.82) is 0 Å². The molecule has 7 nitrogen and oxygen atoms in total. The van der Waals surface area contributed by atoms with E-state index in [1.54, 1.807) is 14.0 Å². The van der Waals surface area contributed by atoms with Gasteiger partial charge in [0.15, 0.2) is 0 Å². The van der Waals surface area contributed by atoms with Gasteiger partial charge in [0.05, 0.1) is 5.69 Å².